The van der Waals surface area contributed by atoms with Crippen molar-refractivity contribution in [3.05, 3.63) is 70.6 Å². The monoisotopic (exact) mass is 394 g/mol. The van der Waals surface area contributed by atoms with Crippen LogP contribution in [0.1, 0.15) is 27.7 Å². The van der Waals surface area contributed by atoms with Gasteiger partial charge in [0.1, 0.15) is 17.5 Å². The predicted octanol–water partition coefficient (Wildman–Crippen LogP) is 4.31. The van der Waals surface area contributed by atoms with Gasteiger partial charge >= 0.3 is 0 Å². The lowest BCUT2D eigenvalue weighted by Gasteiger charge is -2.11. The Morgan fingerprint density at radius 2 is 2.04 bits per heavy atom. The van der Waals surface area contributed by atoms with E-state index in [0.29, 0.717) is 5.37 Å². The molecule has 5 nitrogen and oxygen atoms in total. The van der Waals surface area contributed by atoms with Crippen LogP contribution in [0.2, 0.25) is 0 Å². The highest BCUT2D eigenvalue weighted by Crippen LogP contribution is 2.40. The summed E-state index contributed by atoms with van der Waals surface area (Å²) in [6.45, 7) is 0.912. The van der Waals surface area contributed by atoms with E-state index in [1.165, 1.54) is 10.5 Å². The molecule has 146 valence electrons. The number of dihydropyridines is 1. The molecule has 28 heavy (non-hydrogen) atoms. The second kappa shape index (κ2) is 9.46. The Labute approximate surface area is 170 Å². The number of nitrogens with one attached hydrogen (secondary N) is 2. The number of carbonyl (C=O) groups is 1. The zero-order chi connectivity index (χ0) is 19.9. The molecular weight excluding hydrogens is 368 g/mol. The molecule has 0 radical (unpaired) electrons. The molecule has 4 rings (SSSR count). The summed E-state index contributed by atoms with van der Waals surface area (Å²) >= 11 is 1.86. The molecule has 2 aliphatic heterocycles. The SMILES string of the molecule is CN(C)c1cccc(C=O)c1.CNc1cccc(C2NC3=NCCC=C3S2)c1. The van der Waals surface area contributed by atoms with Crippen molar-refractivity contribution >= 4 is 35.3 Å². The molecule has 0 amide bonds. The van der Waals surface area contributed by atoms with Crippen molar-refractivity contribution in [3.8, 4) is 0 Å². The van der Waals surface area contributed by atoms with E-state index in [2.05, 4.69) is 46.0 Å². The van der Waals surface area contributed by atoms with Crippen LogP contribution in [0.5, 0.6) is 0 Å². The molecule has 2 heterocycles. The van der Waals surface area contributed by atoms with E-state index in [0.717, 1.165) is 42.0 Å². The van der Waals surface area contributed by atoms with Crippen LogP contribution in [0.4, 0.5) is 11.4 Å². The summed E-state index contributed by atoms with van der Waals surface area (Å²) in [4.78, 5) is 18.1. The average Bonchev–Trinajstić information content (AvgIpc) is 3.18. The molecule has 0 aromatic heterocycles. The third-order valence-corrected chi connectivity index (χ3v) is 5.72. The van der Waals surface area contributed by atoms with Crippen molar-refractivity contribution < 1.29 is 4.79 Å². The van der Waals surface area contributed by atoms with Crippen LogP contribution in [0.15, 0.2) is 64.5 Å². The predicted molar refractivity (Wildman–Crippen MR) is 121 cm³/mol. The van der Waals surface area contributed by atoms with E-state index < -0.39 is 0 Å². The average molecular weight is 395 g/mol. The number of anilines is 2. The maximum Gasteiger partial charge on any atom is 0.150 e. The minimum absolute atomic E-state index is 0.298. The first-order chi connectivity index (χ1) is 13.6. The van der Waals surface area contributed by atoms with Gasteiger partial charge in [0.15, 0.2) is 0 Å². The lowest BCUT2D eigenvalue weighted by Crippen LogP contribution is -2.20. The molecule has 2 aromatic carbocycles. The van der Waals surface area contributed by atoms with E-state index in [1.54, 1.807) is 6.07 Å². The number of hydrogen-bond donors (Lipinski definition) is 2. The Hall–Kier alpha value is -2.73. The molecule has 0 aliphatic carbocycles. The van der Waals surface area contributed by atoms with Gasteiger partial charge in [-0.1, -0.05) is 42.1 Å². The molecule has 1 atom stereocenters. The number of benzene rings is 2. The Morgan fingerprint density at radius 3 is 2.75 bits per heavy atom. The summed E-state index contributed by atoms with van der Waals surface area (Å²) in [5, 5.41) is 6.95. The zero-order valence-corrected chi connectivity index (χ0v) is 17.3. The highest BCUT2D eigenvalue weighted by Gasteiger charge is 2.27. The number of aldehydes is 1. The van der Waals surface area contributed by atoms with Gasteiger partial charge in [0.05, 0.1) is 0 Å². The molecule has 1 saturated heterocycles. The lowest BCUT2D eigenvalue weighted by molar-refractivity contribution is 0.112. The van der Waals surface area contributed by atoms with Gasteiger partial charge in [0, 0.05) is 49.5 Å². The fourth-order valence-corrected chi connectivity index (χ4v) is 4.09. The highest BCUT2D eigenvalue weighted by molar-refractivity contribution is 8.04. The summed E-state index contributed by atoms with van der Waals surface area (Å²) in [6.07, 6.45) is 4.20. The second-order valence-electron chi connectivity index (χ2n) is 6.71. The molecule has 1 unspecified atom stereocenters. The van der Waals surface area contributed by atoms with E-state index in [-0.39, 0.29) is 0 Å². The largest absolute Gasteiger partial charge is 0.388 e. The topological polar surface area (TPSA) is 56.7 Å². The molecule has 0 spiro atoms. The number of hydrogen-bond acceptors (Lipinski definition) is 6. The molecule has 1 fully saturated rings. The number of aliphatic imine (C=N–C) groups is 1. The van der Waals surface area contributed by atoms with Gasteiger partial charge in [0.25, 0.3) is 0 Å². The van der Waals surface area contributed by atoms with Crippen molar-refractivity contribution in [2.45, 2.75) is 11.8 Å². The first kappa shape index (κ1) is 20.0. The number of carbonyl (C=O) groups excluding carboxylic acids is 1. The third kappa shape index (κ3) is 4.95. The molecule has 0 bridgehead atoms. The van der Waals surface area contributed by atoms with Crippen LogP contribution >= 0.6 is 11.8 Å². The summed E-state index contributed by atoms with van der Waals surface area (Å²) < 4.78 is 0. The van der Waals surface area contributed by atoms with Crippen molar-refractivity contribution in [2.75, 3.05) is 37.9 Å². The van der Waals surface area contributed by atoms with Crippen molar-refractivity contribution in [3.63, 3.8) is 0 Å². The lowest BCUT2D eigenvalue weighted by atomic mass is 10.2. The van der Waals surface area contributed by atoms with Crippen LogP contribution in [0, 0.1) is 0 Å². The van der Waals surface area contributed by atoms with Crippen LogP contribution in [0.25, 0.3) is 0 Å². The number of fused-ring (bicyclic) bond motifs is 1. The maximum absolute atomic E-state index is 10.4. The molecule has 0 saturated carbocycles. The second-order valence-corrected chi connectivity index (χ2v) is 7.86. The van der Waals surface area contributed by atoms with Gasteiger partial charge in [-0.15, -0.1) is 0 Å². The first-order valence-electron chi connectivity index (χ1n) is 9.29. The Balaban J connectivity index is 0.000000178. The van der Waals surface area contributed by atoms with Crippen LogP contribution in [-0.2, 0) is 0 Å². The summed E-state index contributed by atoms with van der Waals surface area (Å²) in [5.41, 5.74) is 4.21. The van der Waals surface area contributed by atoms with Gasteiger partial charge in [-0.05, 0) is 36.2 Å². The standard InChI is InChI=1S/C13H15N3S.C9H11NO/c1-14-10-5-2-4-9(8-10)13-16-12-11(17-13)6-3-7-15-12;1-10(2)9-5-3-4-8(6-9)7-11/h2,4-6,8,13-14H,3,7H2,1H3,(H,15,16);3-7H,1-2H3. The number of thioether (sulfide) groups is 1. The number of nitrogens with zero attached hydrogens (tertiary/aromatic N) is 2. The third-order valence-electron chi connectivity index (χ3n) is 4.48. The van der Waals surface area contributed by atoms with E-state index >= 15 is 0 Å². The quantitative estimate of drug-likeness (QED) is 0.757. The molecule has 2 N–H and O–H groups in total. The van der Waals surface area contributed by atoms with Crippen molar-refractivity contribution in [2.24, 2.45) is 4.99 Å². The smallest absolute Gasteiger partial charge is 0.150 e. The minimum atomic E-state index is 0.298. The van der Waals surface area contributed by atoms with Gasteiger partial charge in [-0.3, -0.25) is 9.79 Å². The fraction of sp³-hybridized carbons (Fsp3) is 0.273. The normalized spacial score (nSPS) is 17.2. The van der Waals surface area contributed by atoms with Gasteiger partial charge < -0.3 is 15.5 Å². The summed E-state index contributed by atoms with van der Waals surface area (Å²) in [6, 6.07) is 16.0. The van der Waals surface area contributed by atoms with Crippen molar-refractivity contribution in [1.29, 1.82) is 0 Å². The summed E-state index contributed by atoms with van der Waals surface area (Å²) in [5.74, 6) is 1.07. The van der Waals surface area contributed by atoms with Crippen LogP contribution in [-0.4, -0.2) is 39.8 Å². The number of amidine groups is 1. The van der Waals surface area contributed by atoms with Crippen molar-refractivity contribution in [1.82, 2.24) is 5.32 Å². The molecule has 6 heteroatoms. The zero-order valence-electron chi connectivity index (χ0n) is 16.5. The van der Waals surface area contributed by atoms with E-state index in [4.69, 9.17) is 0 Å². The molecular formula is C22H26N4OS. The Bertz CT molecular complexity index is 870. The van der Waals surface area contributed by atoms with Gasteiger partial charge in [-0.25, -0.2) is 0 Å². The molecule has 2 aliphatic rings. The highest BCUT2D eigenvalue weighted by atomic mass is 32.2. The van der Waals surface area contributed by atoms with Gasteiger partial charge in [0.2, 0.25) is 0 Å². The maximum atomic E-state index is 10.4. The fourth-order valence-electron chi connectivity index (χ4n) is 2.93. The first-order valence-corrected chi connectivity index (χ1v) is 10.2. The minimum Gasteiger partial charge on any atom is -0.388 e. The van der Waals surface area contributed by atoms with Crippen LogP contribution in [0.3, 0.4) is 0 Å². The Morgan fingerprint density at radius 1 is 1.21 bits per heavy atom. The van der Waals surface area contributed by atoms with E-state index in [9.17, 15) is 4.79 Å². The van der Waals surface area contributed by atoms with E-state index in [1.807, 2.05) is 56.0 Å². The Kier molecular flexibility index (Phi) is 6.76. The molecule has 2 aromatic rings. The van der Waals surface area contributed by atoms with Crippen LogP contribution < -0.4 is 15.5 Å². The summed E-state index contributed by atoms with van der Waals surface area (Å²) in [7, 11) is 5.84. The van der Waals surface area contributed by atoms with Gasteiger partial charge in [-0.2, -0.15) is 0 Å². The number of rotatable bonds is 4.